The van der Waals surface area contributed by atoms with E-state index in [2.05, 4.69) is 10.3 Å². The quantitative estimate of drug-likeness (QED) is 0.254. The van der Waals surface area contributed by atoms with Crippen LogP contribution in [0.5, 0.6) is 0 Å². The number of nitrogens with zero attached hydrogens (tertiary/aromatic N) is 1. The van der Waals surface area contributed by atoms with E-state index >= 15 is 0 Å². The monoisotopic (exact) mass is 427 g/mol. The Kier molecular flexibility index (Phi) is 8.16. The Labute approximate surface area is 133 Å². The molecule has 0 aliphatic heterocycles. The van der Waals surface area contributed by atoms with Crippen LogP contribution >= 0.6 is 35.7 Å². The molecule has 0 atom stereocenters. The number of benzene rings is 1. The Hall–Kier alpha value is -0.780. The van der Waals surface area contributed by atoms with Crippen molar-refractivity contribution in [2.24, 2.45) is 10.7 Å². The van der Waals surface area contributed by atoms with Crippen molar-refractivity contribution < 1.29 is 22.0 Å². The summed E-state index contributed by atoms with van der Waals surface area (Å²) in [5.41, 5.74) is 0.775. The molecule has 1 aromatic carbocycles. The van der Waals surface area contributed by atoms with E-state index in [0.29, 0.717) is 0 Å². The van der Waals surface area contributed by atoms with Crippen molar-refractivity contribution in [1.82, 2.24) is 0 Å². The standard InChI is InChI=1S/C10H10F5N3S.HI/c11-6-1-2-7(12)8(5-6)18-9(16)17-3-4-19-10(13,14)15;/h1-2,5H,3-4H2,(H3,16,17,18);1H. The van der Waals surface area contributed by atoms with E-state index in [4.69, 9.17) is 5.73 Å². The second-order valence-electron chi connectivity index (χ2n) is 3.31. The van der Waals surface area contributed by atoms with Gasteiger partial charge in [0, 0.05) is 11.8 Å². The van der Waals surface area contributed by atoms with Crippen molar-refractivity contribution in [2.45, 2.75) is 5.51 Å². The first kappa shape index (κ1) is 19.2. The number of nitrogens with two attached hydrogens (primary N) is 1. The molecule has 0 amide bonds. The Balaban J connectivity index is 0.00000361. The van der Waals surface area contributed by atoms with Crippen LogP contribution in [0.15, 0.2) is 23.2 Å². The molecule has 20 heavy (non-hydrogen) atoms. The van der Waals surface area contributed by atoms with Crippen molar-refractivity contribution in [3.05, 3.63) is 29.8 Å². The maximum atomic E-state index is 13.2. The SMILES string of the molecule is I.NC(=NCCSC(F)(F)F)Nc1cc(F)ccc1F. The highest BCUT2D eigenvalue weighted by Crippen LogP contribution is 2.29. The molecule has 0 saturated heterocycles. The highest BCUT2D eigenvalue weighted by Gasteiger charge is 2.27. The second kappa shape index (κ2) is 8.49. The molecule has 1 aromatic rings. The number of halogens is 6. The van der Waals surface area contributed by atoms with Gasteiger partial charge in [-0.2, -0.15) is 13.2 Å². The van der Waals surface area contributed by atoms with E-state index in [9.17, 15) is 22.0 Å². The molecule has 0 saturated carbocycles. The molecule has 0 radical (unpaired) electrons. The summed E-state index contributed by atoms with van der Waals surface area (Å²) in [7, 11) is 0. The van der Waals surface area contributed by atoms with Crippen LogP contribution in [0.2, 0.25) is 0 Å². The maximum absolute atomic E-state index is 13.2. The van der Waals surface area contributed by atoms with Gasteiger partial charge >= 0.3 is 5.51 Å². The minimum Gasteiger partial charge on any atom is -0.370 e. The van der Waals surface area contributed by atoms with E-state index < -0.39 is 17.1 Å². The summed E-state index contributed by atoms with van der Waals surface area (Å²) in [4.78, 5) is 3.57. The third kappa shape index (κ3) is 7.72. The van der Waals surface area contributed by atoms with Crippen molar-refractivity contribution >= 4 is 47.4 Å². The van der Waals surface area contributed by atoms with E-state index in [1.54, 1.807) is 0 Å². The minimum atomic E-state index is -4.33. The normalized spacial score (nSPS) is 11.9. The molecule has 0 bridgehead atoms. The minimum absolute atomic E-state index is 0. The van der Waals surface area contributed by atoms with Gasteiger partial charge in [0.2, 0.25) is 0 Å². The van der Waals surface area contributed by atoms with Gasteiger partial charge in [-0.3, -0.25) is 4.99 Å². The van der Waals surface area contributed by atoms with Gasteiger partial charge < -0.3 is 11.1 Å². The fraction of sp³-hybridized carbons (Fsp3) is 0.300. The van der Waals surface area contributed by atoms with Crippen molar-refractivity contribution in [2.75, 3.05) is 17.6 Å². The Bertz CT molecular complexity index is 467. The van der Waals surface area contributed by atoms with Gasteiger partial charge in [-0.15, -0.1) is 24.0 Å². The molecular weight excluding hydrogens is 416 g/mol. The lowest BCUT2D eigenvalue weighted by atomic mass is 10.3. The largest absolute Gasteiger partial charge is 0.441 e. The van der Waals surface area contributed by atoms with Gasteiger partial charge in [0.05, 0.1) is 12.2 Å². The van der Waals surface area contributed by atoms with Crippen LogP contribution in [0.25, 0.3) is 0 Å². The number of aliphatic imine (C=N–C) groups is 1. The lowest BCUT2D eigenvalue weighted by Gasteiger charge is -2.07. The third-order valence-electron chi connectivity index (χ3n) is 1.83. The van der Waals surface area contributed by atoms with Crippen molar-refractivity contribution in [3.8, 4) is 0 Å². The zero-order chi connectivity index (χ0) is 14.5. The zero-order valence-electron chi connectivity index (χ0n) is 9.88. The first-order valence-electron chi connectivity index (χ1n) is 5.00. The van der Waals surface area contributed by atoms with Crippen molar-refractivity contribution in [1.29, 1.82) is 0 Å². The fourth-order valence-electron chi connectivity index (χ4n) is 1.10. The molecule has 0 unspecified atom stereocenters. The highest BCUT2D eigenvalue weighted by molar-refractivity contribution is 14.0. The number of hydrogen-bond donors (Lipinski definition) is 2. The summed E-state index contributed by atoms with van der Waals surface area (Å²) >= 11 is -0.237. The Morgan fingerprint density at radius 2 is 1.95 bits per heavy atom. The third-order valence-corrected chi connectivity index (χ3v) is 2.54. The van der Waals surface area contributed by atoms with E-state index in [1.807, 2.05) is 0 Å². The van der Waals surface area contributed by atoms with E-state index in [-0.39, 0.29) is 59.7 Å². The number of guanidine groups is 1. The summed E-state index contributed by atoms with van der Waals surface area (Å²) in [6.45, 7) is -0.194. The topological polar surface area (TPSA) is 50.4 Å². The van der Waals surface area contributed by atoms with Gasteiger partial charge in [0.15, 0.2) is 5.96 Å². The number of nitrogens with one attached hydrogen (secondary N) is 1. The number of alkyl halides is 3. The van der Waals surface area contributed by atoms with Gasteiger partial charge in [0.25, 0.3) is 0 Å². The first-order chi connectivity index (χ1) is 8.78. The lowest BCUT2D eigenvalue weighted by molar-refractivity contribution is -0.0327. The summed E-state index contributed by atoms with van der Waals surface area (Å²) in [5, 5.41) is 2.27. The average molecular weight is 427 g/mol. The van der Waals surface area contributed by atoms with Crippen LogP contribution in [0.4, 0.5) is 27.6 Å². The molecule has 10 heteroatoms. The summed E-state index contributed by atoms with van der Waals surface area (Å²) in [6, 6.07) is 2.68. The smallest absolute Gasteiger partial charge is 0.370 e. The molecule has 0 aliphatic carbocycles. The first-order valence-corrected chi connectivity index (χ1v) is 5.99. The molecule has 0 aromatic heterocycles. The number of hydrogen-bond acceptors (Lipinski definition) is 2. The zero-order valence-corrected chi connectivity index (χ0v) is 13.0. The highest BCUT2D eigenvalue weighted by atomic mass is 127. The molecule has 3 nitrogen and oxygen atoms in total. The van der Waals surface area contributed by atoms with Crippen LogP contribution < -0.4 is 11.1 Å². The van der Waals surface area contributed by atoms with Gasteiger partial charge in [-0.05, 0) is 23.9 Å². The Morgan fingerprint density at radius 1 is 1.30 bits per heavy atom. The fourth-order valence-corrected chi connectivity index (χ4v) is 1.51. The van der Waals surface area contributed by atoms with Gasteiger partial charge in [-0.25, -0.2) is 8.78 Å². The van der Waals surface area contributed by atoms with E-state index in [1.165, 1.54) is 0 Å². The predicted octanol–water partition coefficient (Wildman–Crippen LogP) is 3.56. The predicted molar refractivity (Wildman–Crippen MR) is 80.4 cm³/mol. The van der Waals surface area contributed by atoms with Gasteiger partial charge in [-0.1, -0.05) is 0 Å². The van der Waals surface area contributed by atoms with E-state index in [0.717, 1.165) is 18.2 Å². The van der Waals surface area contributed by atoms with Crippen LogP contribution in [0.1, 0.15) is 0 Å². The maximum Gasteiger partial charge on any atom is 0.441 e. The molecule has 0 aliphatic rings. The molecule has 0 fully saturated rings. The van der Waals surface area contributed by atoms with Crippen LogP contribution in [0, 0.1) is 11.6 Å². The number of thioether (sulfide) groups is 1. The molecule has 114 valence electrons. The van der Waals surface area contributed by atoms with Gasteiger partial charge in [0.1, 0.15) is 11.6 Å². The van der Waals surface area contributed by atoms with Crippen LogP contribution in [-0.4, -0.2) is 23.8 Å². The molecule has 1 rings (SSSR count). The summed E-state index contributed by atoms with van der Waals surface area (Å²) < 4.78 is 61.4. The lowest BCUT2D eigenvalue weighted by Crippen LogP contribution is -2.24. The average Bonchev–Trinajstić information content (AvgIpc) is 2.28. The molecule has 3 N–H and O–H groups in total. The van der Waals surface area contributed by atoms with Crippen molar-refractivity contribution in [3.63, 3.8) is 0 Å². The summed E-state index contributed by atoms with van der Waals surface area (Å²) in [6.07, 6.45) is 0. The van der Waals surface area contributed by atoms with Crippen LogP contribution in [-0.2, 0) is 0 Å². The molecule has 0 spiro atoms. The molecule has 0 heterocycles. The number of rotatable bonds is 4. The molecular formula is C10H11F5IN3S. The van der Waals surface area contributed by atoms with Crippen LogP contribution in [0.3, 0.4) is 0 Å². The Morgan fingerprint density at radius 3 is 2.55 bits per heavy atom. The second-order valence-corrected chi connectivity index (χ2v) is 4.47. The summed E-state index contributed by atoms with van der Waals surface area (Å²) in [5.74, 6) is -2.02. The number of anilines is 1.